The Morgan fingerprint density at radius 3 is 2.57 bits per heavy atom. The number of nitrogen functional groups attached to an aromatic ring is 1. The van der Waals surface area contributed by atoms with E-state index >= 15 is 0 Å². The van der Waals surface area contributed by atoms with Crippen LogP contribution in [-0.2, 0) is 4.74 Å². The molecule has 4 nitrogen and oxygen atoms in total. The number of halogens is 5. The van der Waals surface area contributed by atoms with E-state index < -0.39 is 35.7 Å². The molecule has 160 valence electrons. The Morgan fingerprint density at radius 2 is 1.97 bits per heavy atom. The Labute approximate surface area is 175 Å². The molecule has 3 N–H and O–H groups in total. The summed E-state index contributed by atoms with van der Waals surface area (Å²) >= 11 is 5.84. The van der Waals surface area contributed by atoms with Crippen LogP contribution in [0.5, 0.6) is 5.75 Å². The average Bonchev–Trinajstić information content (AvgIpc) is 3.46. The van der Waals surface area contributed by atoms with Crippen LogP contribution in [0.3, 0.4) is 0 Å². The summed E-state index contributed by atoms with van der Waals surface area (Å²) in [4.78, 5) is 0. The Morgan fingerprint density at radius 1 is 1.27 bits per heavy atom. The van der Waals surface area contributed by atoms with Crippen molar-refractivity contribution < 1.29 is 27.0 Å². The number of fused-ring (bicyclic) bond motifs is 1. The number of anilines is 2. The van der Waals surface area contributed by atoms with Crippen LogP contribution >= 0.6 is 11.6 Å². The highest BCUT2D eigenvalue weighted by atomic mass is 35.5. The third-order valence-corrected chi connectivity index (χ3v) is 6.03. The highest BCUT2D eigenvalue weighted by Crippen LogP contribution is 2.59. The van der Waals surface area contributed by atoms with Crippen molar-refractivity contribution in [1.29, 1.82) is 0 Å². The van der Waals surface area contributed by atoms with Crippen LogP contribution in [0, 0.1) is 5.82 Å². The number of nitrogens with one attached hydrogen (secondary N) is 1. The maximum Gasteiger partial charge on any atom is 0.420 e. The number of rotatable bonds is 4. The van der Waals surface area contributed by atoms with Gasteiger partial charge in [-0.25, -0.2) is 4.39 Å². The molecule has 0 saturated carbocycles. The van der Waals surface area contributed by atoms with Gasteiger partial charge >= 0.3 is 6.18 Å². The van der Waals surface area contributed by atoms with Crippen LogP contribution in [0.25, 0.3) is 6.08 Å². The summed E-state index contributed by atoms with van der Waals surface area (Å²) in [6.07, 6.45) is -1.44. The summed E-state index contributed by atoms with van der Waals surface area (Å²) in [5.74, 6) is -2.65. The summed E-state index contributed by atoms with van der Waals surface area (Å²) in [5.41, 5.74) is 3.89. The normalized spacial score (nSPS) is 26.0. The Kier molecular flexibility index (Phi) is 4.70. The van der Waals surface area contributed by atoms with E-state index in [-0.39, 0.29) is 16.3 Å². The van der Waals surface area contributed by atoms with Crippen LogP contribution < -0.4 is 15.8 Å². The highest BCUT2D eigenvalue weighted by molar-refractivity contribution is 6.30. The van der Waals surface area contributed by atoms with Crippen LogP contribution in [0.4, 0.5) is 28.9 Å². The fraction of sp³-hybridized carbons (Fsp3) is 0.333. The number of ether oxygens (including phenoxy) is 2. The van der Waals surface area contributed by atoms with Crippen molar-refractivity contribution in [1.82, 2.24) is 0 Å². The lowest BCUT2D eigenvalue weighted by Gasteiger charge is -2.43. The van der Waals surface area contributed by atoms with Gasteiger partial charge in [0.2, 0.25) is 0 Å². The Bertz CT molecular complexity index is 1040. The second-order valence-corrected chi connectivity index (χ2v) is 8.05. The first kappa shape index (κ1) is 20.8. The molecule has 2 aromatic carbocycles. The van der Waals surface area contributed by atoms with Crippen LogP contribution in [0.1, 0.15) is 24.0 Å². The molecule has 0 radical (unpaired) electrons. The molecule has 0 bridgehead atoms. The molecule has 2 aromatic rings. The molecule has 2 aliphatic rings. The van der Waals surface area contributed by atoms with Crippen molar-refractivity contribution in [3.8, 4) is 5.75 Å². The first-order valence-corrected chi connectivity index (χ1v) is 9.50. The lowest BCUT2D eigenvalue weighted by Crippen LogP contribution is -2.53. The zero-order valence-electron chi connectivity index (χ0n) is 16.1. The van der Waals surface area contributed by atoms with E-state index in [1.165, 1.54) is 19.2 Å². The minimum Gasteiger partial charge on any atom is -0.493 e. The van der Waals surface area contributed by atoms with Crippen LogP contribution in [0.2, 0.25) is 5.02 Å². The van der Waals surface area contributed by atoms with Gasteiger partial charge < -0.3 is 20.5 Å². The molecular weight excluding hydrogens is 424 g/mol. The fourth-order valence-electron chi connectivity index (χ4n) is 4.25. The van der Waals surface area contributed by atoms with Crippen molar-refractivity contribution >= 4 is 29.1 Å². The molecule has 2 aliphatic heterocycles. The molecule has 3 unspecified atom stereocenters. The number of epoxide rings is 1. The minimum absolute atomic E-state index is 0.00114. The summed E-state index contributed by atoms with van der Waals surface area (Å²) in [6.45, 7) is 1.05. The average molecular weight is 443 g/mol. The number of nitrogens with two attached hydrogens (primary N) is 1. The first-order chi connectivity index (χ1) is 14.0. The third-order valence-electron chi connectivity index (χ3n) is 5.74. The van der Waals surface area contributed by atoms with Gasteiger partial charge in [-0.2, -0.15) is 13.2 Å². The zero-order chi connectivity index (χ0) is 21.9. The number of methoxy groups -OCH3 is 1. The van der Waals surface area contributed by atoms with Crippen LogP contribution in [0.15, 0.2) is 36.4 Å². The number of hydrogen-bond acceptors (Lipinski definition) is 4. The maximum atomic E-state index is 14.7. The third kappa shape index (κ3) is 3.01. The van der Waals surface area contributed by atoms with Gasteiger partial charge in [0.1, 0.15) is 0 Å². The lowest BCUT2D eigenvalue weighted by molar-refractivity contribution is -0.193. The maximum absolute atomic E-state index is 14.7. The highest BCUT2D eigenvalue weighted by Gasteiger charge is 2.73. The van der Waals surface area contributed by atoms with Crippen molar-refractivity contribution in [2.75, 3.05) is 24.8 Å². The van der Waals surface area contributed by atoms with Crippen molar-refractivity contribution in [3.05, 3.63) is 58.4 Å². The summed E-state index contributed by atoms with van der Waals surface area (Å²) in [7, 11) is 1.19. The molecule has 3 atom stereocenters. The van der Waals surface area contributed by atoms with Gasteiger partial charge in [0.05, 0.1) is 30.2 Å². The first-order valence-electron chi connectivity index (χ1n) is 9.12. The van der Waals surface area contributed by atoms with E-state index in [9.17, 15) is 17.6 Å². The second-order valence-electron chi connectivity index (χ2n) is 7.64. The topological polar surface area (TPSA) is 59.8 Å². The van der Waals surface area contributed by atoms with E-state index in [2.05, 4.69) is 5.32 Å². The lowest BCUT2D eigenvalue weighted by atomic mass is 9.70. The molecule has 9 heteroatoms. The second kappa shape index (κ2) is 6.78. The van der Waals surface area contributed by atoms with E-state index in [4.69, 9.17) is 26.8 Å². The van der Waals surface area contributed by atoms with Gasteiger partial charge in [-0.3, -0.25) is 0 Å². The summed E-state index contributed by atoms with van der Waals surface area (Å²) in [6, 6.07) is 7.68. The predicted molar refractivity (Wildman–Crippen MR) is 107 cm³/mol. The largest absolute Gasteiger partial charge is 0.493 e. The van der Waals surface area contributed by atoms with E-state index in [0.29, 0.717) is 16.9 Å². The fourth-order valence-corrected chi connectivity index (χ4v) is 4.40. The van der Waals surface area contributed by atoms with Crippen molar-refractivity contribution in [2.24, 2.45) is 0 Å². The molecule has 0 spiro atoms. The van der Waals surface area contributed by atoms with Crippen LogP contribution in [-0.4, -0.2) is 31.0 Å². The van der Waals surface area contributed by atoms with Gasteiger partial charge in [-0.15, -0.1) is 0 Å². The van der Waals surface area contributed by atoms with Gasteiger partial charge in [-0.05, 0) is 25.1 Å². The van der Waals surface area contributed by atoms with Gasteiger partial charge in [-0.1, -0.05) is 35.9 Å². The molecule has 4 rings (SSSR count). The predicted octanol–water partition coefficient (Wildman–Crippen LogP) is 5.38. The molecule has 30 heavy (non-hydrogen) atoms. The molecule has 0 aliphatic carbocycles. The molecule has 2 heterocycles. The standard InChI is InChI=1S/C21H19ClF4N2O2/c1-19(9-8-11-14(27)4-3-5-15(11)28-19)18(20(10-30-20)21(24,25)26)12-6-7-13(22)16(23)17(12)29-2/h3-9,18,28H,10,27H2,1-2H3. The minimum atomic E-state index is -4.70. The van der Waals surface area contributed by atoms with E-state index in [1.807, 2.05) is 0 Å². The van der Waals surface area contributed by atoms with Crippen molar-refractivity contribution in [2.45, 2.75) is 30.2 Å². The monoisotopic (exact) mass is 442 g/mol. The summed E-state index contributed by atoms with van der Waals surface area (Å²) in [5, 5.41) is 2.91. The van der Waals surface area contributed by atoms with Gasteiger partial charge in [0.25, 0.3) is 0 Å². The molecule has 1 fully saturated rings. The summed E-state index contributed by atoms with van der Waals surface area (Å²) < 4.78 is 67.4. The van der Waals surface area contributed by atoms with Gasteiger partial charge in [0, 0.05) is 22.5 Å². The number of benzene rings is 2. The van der Waals surface area contributed by atoms with E-state index in [0.717, 1.165) is 0 Å². The molecule has 0 aromatic heterocycles. The van der Waals surface area contributed by atoms with Gasteiger partial charge in [0.15, 0.2) is 17.2 Å². The molecule has 1 saturated heterocycles. The SMILES string of the molecule is COc1c(C(C2(C)C=Cc3c(N)cccc3N2)C2(C(F)(F)F)CO2)ccc(Cl)c1F. The van der Waals surface area contributed by atoms with Crippen molar-refractivity contribution in [3.63, 3.8) is 0 Å². The van der Waals surface area contributed by atoms with E-state index in [1.54, 1.807) is 37.3 Å². The molecule has 0 amide bonds. The number of alkyl halides is 3. The number of hydrogen-bond donors (Lipinski definition) is 2. The zero-order valence-corrected chi connectivity index (χ0v) is 16.9. The molecular formula is C21H19ClF4N2O2. The quantitative estimate of drug-likeness (QED) is 0.379. The Hall–Kier alpha value is -2.45. The Balaban J connectivity index is 1.93. The smallest absolute Gasteiger partial charge is 0.420 e.